The summed E-state index contributed by atoms with van der Waals surface area (Å²) in [6, 6.07) is 18.2. The fourth-order valence-corrected chi connectivity index (χ4v) is 4.19. The Bertz CT molecular complexity index is 590. The molecule has 2 nitrogen and oxygen atoms in total. The molecule has 108 valence electrons. The van der Waals surface area contributed by atoms with E-state index in [9.17, 15) is 5.11 Å². The van der Waals surface area contributed by atoms with Gasteiger partial charge in [-0.05, 0) is 0 Å². The van der Waals surface area contributed by atoms with Crippen LogP contribution in [0.15, 0.2) is 54.6 Å². The molecule has 0 fully saturated rings. The molecule has 0 aromatic heterocycles. The van der Waals surface area contributed by atoms with E-state index in [0.29, 0.717) is 0 Å². The number of benzene rings is 2. The Morgan fingerprint density at radius 1 is 1.10 bits per heavy atom. The molecule has 1 N–H and O–H groups in total. The second-order valence-electron chi connectivity index (χ2n) is 4.54. The summed E-state index contributed by atoms with van der Waals surface area (Å²) in [6.45, 7) is 0.447. The van der Waals surface area contributed by atoms with Crippen molar-refractivity contribution in [2.75, 3.05) is 13.2 Å². The molecule has 2 rings (SSSR count). The van der Waals surface area contributed by atoms with E-state index in [1.807, 2.05) is 42.5 Å². The SMILES string of the molecule is C#CCOc1ccccc1CC(CO)[Se]c1ccccc1. The van der Waals surface area contributed by atoms with Crippen molar-refractivity contribution >= 4 is 19.4 Å². The van der Waals surface area contributed by atoms with E-state index in [2.05, 4.69) is 18.1 Å². The van der Waals surface area contributed by atoms with Gasteiger partial charge in [-0.15, -0.1) is 0 Å². The third kappa shape index (κ3) is 4.95. The number of hydrogen-bond acceptors (Lipinski definition) is 2. The number of aliphatic hydroxyl groups is 1. The van der Waals surface area contributed by atoms with Gasteiger partial charge in [0.15, 0.2) is 0 Å². The fraction of sp³-hybridized carbons (Fsp3) is 0.222. The van der Waals surface area contributed by atoms with Gasteiger partial charge in [0.05, 0.1) is 0 Å². The molecule has 0 aliphatic rings. The van der Waals surface area contributed by atoms with E-state index in [1.165, 1.54) is 4.46 Å². The summed E-state index contributed by atoms with van der Waals surface area (Å²) in [4.78, 5) is 0.232. The van der Waals surface area contributed by atoms with Gasteiger partial charge in [-0.25, -0.2) is 0 Å². The van der Waals surface area contributed by atoms with Crippen molar-refractivity contribution in [2.45, 2.75) is 11.2 Å². The molecule has 0 bridgehead atoms. The van der Waals surface area contributed by atoms with E-state index in [0.717, 1.165) is 17.7 Å². The van der Waals surface area contributed by atoms with E-state index in [1.54, 1.807) is 0 Å². The molecule has 1 unspecified atom stereocenters. The topological polar surface area (TPSA) is 29.5 Å². The zero-order valence-electron chi connectivity index (χ0n) is 11.7. The summed E-state index contributed by atoms with van der Waals surface area (Å²) in [7, 11) is 0. The van der Waals surface area contributed by atoms with Gasteiger partial charge >= 0.3 is 132 Å². The second-order valence-corrected chi connectivity index (χ2v) is 7.42. The molecule has 2 aromatic rings. The number of para-hydroxylation sites is 1. The average molecular weight is 345 g/mol. The van der Waals surface area contributed by atoms with E-state index >= 15 is 0 Å². The van der Waals surface area contributed by atoms with Crippen LogP contribution in [0.3, 0.4) is 0 Å². The molecule has 0 aliphatic carbocycles. The summed E-state index contributed by atoms with van der Waals surface area (Å²) >= 11 is 0.231. The Balaban J connectivity index is 2.06. The second kappa shape index (κ2) is 8.54. The zero-order chi connectivity index (χ0) is 14.9. The minimum atomic E-state index is 0.179. The fourth-order valence-electron chi connectivity index (χ4n) is 2.01. The van der Waals surface area contributed by atoms with Crippen LogP contribution in [0.4, 0.5) is 0 Å². The Labute approximate surface area is 132 Å². The van der Waals surface area contributed by atoms with Crippen LogP contribution in [0.2, 0.25) is 4.82 Å². The van der Waals surface area contributed by atoms with Gasteiger partial charge in [0, 0.05) is 0 Å². The summed E-state index contributed by atoms with van der Waals surface area (Å²) in [5.41, 5.74) is 1.10. The molecule has 3 heteroatoms. The summed E-state index contributed by atoms with van der Waals surface area (Å²) < 4.78 is 6.87. The van der Waals surface area contributed by atoms with Crippen molar-refractivity contribution in [3.63, 3.8) is 0 Å². The van der Waals surface area contributed by atoms with Gasteiger partial charge in [-0.1, -0.05) is 0 Å². The molecular weight excluding hydrogens is 327 g/mol. The maximum atomic E-state index is 9.66. The zero-order valence-corrected chi connectivity index (χ0v) is 13.4. The van der Waals surface area contributed by atoms with Crippen molar-refractivity contribution in [2.24, 2.45) is 0 Å². The number of terminal acetylenes is 1. The summed E-state index contributed by atoms with van der Waals surface area (Å²) in [5, 5.41) is 9.66. The Morgan fingerprint density at radius 2 is 1.81 bits per heavy atom. The van der Waals surface area contributed by atoms with Crippen LogP contribution >= 0.6 is 0 Å². The van der Waals surface area contributed by atoms with Crippen LogP contribution in [-0.4, -0.2) is 33.3 Å². The van der Waals surface area contributed by atoms with Crippen molar-refractivity contribution in [3.05, 3.63) is 60.2 Å². The van der Waals surface area contributed by atoms with Crippen LogP contribution in [-0.2, 0) is 6.42 Å². The molecule has 1 atom stereocenters. The number of rotatable bonds is 7. The normalized spacial score (nSPS) is 11.6. The van der Waals surface area contributed by atoms with Crippen molar-refractivity contribution < 1.29 is 9.84 Å². The first kappa shape index (κ1) is 15.7. The van der Waals surface area contributed by atoms with Gasteiger partial charge in [-0.3, -0.25) is 0 Å². The monoisotopic (exact) mass is 346 g/mol. The quantitative estimate of drug-likeness (QED) is 0.615. The molecule has 0 aliphatic heterocycles. The Hall–Kier alpha value is -1.72. The number of hydrogen-bond donors (Lipinski definition) is 1. The van der Waals surface area contributed by atoms with E-state index in [-0.39, 0.29) is 33.0 Å². The molecule has 21 heavy (non-hydrogen) atoms. The Morgan fingerprint density at radius 3 is 2.52 bits per heavy atom. The predicted octanol–water partition coefficient (Wildman–Crippen LogP) is 2.05. The molecule has 0 spiro atoms. The van der Waals surface area contributed by atoms with Gasteiger partial charge in [0.25, 0.3) is 0 Å². The maximum absolute atomic E-state index is 9.66. The average Bonchev–Trinajstić information content (AvgIpc) is 2.54. The molecule has 0 heterocycles. The molecule has 0 saturated heterocycles. The number of ether oxygens (including phenoxy) is 1. The first-order valence-corrected chi connectivity index (χ1v) is 8.64. The minimum absolute atomic E-state index is 0.179. The van der Waals surface area contributed by atoms with Gasteiger partial charge in [0.2, 0.25) is 0 Å². The first-order valence-electron chi connectivity index (χ1n) is 6.80. The third-order valence-electron chi connectivity index (χ3n) is 2.98. The van der Waals surface area contributed by atoms with Crippen molar-refractivity contribution in [1.82, 2.24) is 0 Å². The predicted molar refractivity (Wildman–Crippen MR) is 87.1 cm³/mol. The van der Waals surface area contributed by atoms with Crippen LogP contribution in [0.5, 0.6) is 5.75 Å². The summed E-state index contributed by atoms with van der Waals surface area (Å²) in [5.74, 6) is 3.30. The number of aliphatic hydroxyl groups excluding tert-OH is 1. The Kier molecular flexibility index (Phi) is 6.37. The van der Waals surface area contributed by atoms with Gasteiger partial charge < -0.3 is 0 Å². The van der Waals surface area contributed by atoms with Crippen LogP contribution in [0, 0.1) is 12.3 Å². The van der Waals surface area contributed by atoms with Crippen LogP contribution in [0.1, 0.15) is 5.56 Å². The van der Waals surface area contributed by atoms with Crippen molar-refractivity contribution in [3.8, 4) is 18.1 Å². The molecule has 0 amide bonds. The molecule has 0 saturated carbocycles. The first-order chi connectivity index (χ1) is 10.3. The molecular formula is C18H18O2Se. The van der Waals surface area contributed by atoms with Crippen molar-refractivity contribution in [1.29, 1.82) is 0 Å². The third-order valence-corrected chi connectivity index (χ3v) is 5.48. The van der Waals surface area contributed by atoms with Gasteiger partial charge in [0.1, 0.15) is 0 Å². The molecule has 0 radical (unpaired) electrons. The van der Waals surface area contributed by atoms with Gasteiger partial charge in [-0.2, -0.15) is 0 Å². The standard InChI is InChI=1S/C18H18O2Se/c1-2-12-20-18-11-7-6-8-15(18)13-17(14-19)21-16-9-4-3-5-10-16/h1,3-11,17,19H,12-14H2. The molecule has 2 aromatic carbocycles. The van der Waals surface area contributed by atoms with E-state index < -0.39 is 0 Å². The van der Waals surface area contributed by atoms with E-state index in [4.69, 9.17) is 11.2 Å². The van der Waals surface area contributed by atoms with Crippen LogP contribution < -0.4 is 9.20 Å². The summed E-state index contributed by atoms with van der Waals surface area (Å²) in [6.07, 6.45) is 6.04. The van der Waals surface area contributed by atoms with Crippen LogP contribution in [0.25, 0.3) is 0 Å².